The third kappa shape index (κ3) is 22.4. The number of nitrogens with one attached hydrogen (secondary N) is 2. The van der Waals surface area contributed by atoms with Gasteiger partial charge in [0, 0.05) is 119 Å². The van der Waals surface area contributed by atoms with Crippen molar-refractivity contribution in [3.63, 3.8) is 0 Å². The van der Waals surface area contributed by atoms with Gasteiger partial charge in [-0.15, -0.1) is 0 Å². The molecule has 0 bridgehead atoms. The number of anilines is 3. The second kappa shape index (κ2) is 39.9. The number of aliphatic hydroxyl groups is 1. The summed E-state index contributed by atoms with van der Waals surface area (Å²) >= 11 is 0. The first-order valence-corrected chi connectivity index (χ1v) is 45.3. The lowest BCUT2D eigenvalue weighted by molar-refractivity contribution is -0.425. The van der Waals surface area contributed by atoms with Crippen LogP contribution in [0.15, 0.2) is 170 Å². The number of carbonyl (C=O) groups is 4. The van der Waals surface area contributed by atoms with Crippen molar-refractivity contribution in [3.05, 3.63) is 192 Å². The zero-order valence-corrected chi connectivity index (χ0v) is 71.7. The number of amides is 2. The average Bonchev–Trinajstić information content (AvgIpc) is 1.54. The Balaban J connectivity index is 0.610. The van der Waals surface area contributed by atoms with E-state index in [0.717, 1.165) is 95.5 Å². The van der Waals surface area contributed by atoms with Crippen molar-refractivity contribution >= 4 is 99.1 Å². The van der Waals surface area contributed by atoms with Gasteiger partial charge < -0.3 is 65.6 Å². The zero-order chi connectivity index (χ0) is 85.5. The maximum Gasteiger partial charge on any atom is 0.511 e. The molecule has 4 aromatic carbocycles. The van der Waals surface area contributed by atoms with E-state index in [1.54, 1.807) is 0 Å². The van der Waals surface area contributed by atoms with E-state index in [0.29, 0.717) is 70.9 Å². The van der Waals surface area contributed by atoms with Crippen molar-refractivity contribution < 1.29 is 99.8 Å². The molecule has 7 atom stereocenters. The minimum absolute atomic E-state index is 0.0475. The number of imidazole rings is 1. The third-order valence-corrected chi connectivity index (χ3v) is 27.0. The Labute approximate surface area is 696 Å². The van der Waals surface area contributed by atoms with E-state index in [4.69, 9.17) is 29.4 Å². The molecule has 5 aliphatic heterocycles. The number of ether oxygens (including phenoxy) is 2. The molecule has 0 radical (unpaired) electrons. The topological polar surface area (TPSA) is 414 Å². The quantitative estimate of drug-likeness (QED) is 0.00742. The van der Waals surface area contributed by atoms with Crippen LogP contribution in [-0.2, 0) is 72.5 Å². The molecule has 0 saturated carbocycles. The molecule has 1 saturated heterocycles. The van der Waals surface area contributed by atoms with Gasteiger partial charge in [0.25, 0.3) is 11.8 Å². The number of benzene rings is 4. The minimum atomic E-state index is -5.89. The minimum Gasteiger partial charge on any atom is -0.603 e. The molecule has 33 heteroatoms. The van der Waals surface area contributed by atoms with Gasteiger partial charge in [-0.1, -0.05) is 168 Å². The smallest absolute Gasteiger partial charge is 0.511 e. The second-order valence-corrected chi connectivity index (χ2v) is 37.3. The van der Waals surface area contributed by atoms with Crippen LogP contribution in [0.3, 0.4) is 0 Å². The van der Waals surface area contributed by atoms with Crippen LogP contribution >= 0.6 is 24.2 Å². The van der Waals surface area contributed by atoms with E-state index in [9.17, 15) is 58.4 Å². The largest absolute Gasteiger partial charge is 0.603 e. The summed E-state index contributed by atoms with van der Waals surface area (Å²) in [5.74, 6) is -1.88. The predicted octanol–water partition coefficient (Wildman–Crippen LogP) is 12.1. The number of nitrogens with two attached hydrogens (primary N) is 1. The van der Waals surface area contributed by atoms with Gasteiger partial charge in [0.15, 0.2) is 29.1 Å². The number of aromatic nitrogens is 4. The van der Waals surface area contributed by atoms with Crippen molar-refractivity contribution in [3.8, 4) is 0 Å². The Bertz CT molecular complexity index is 4900. The summed E-state index contributed by atoms with van der Waals surface area (Å²) < 4.78 is 49.9. The molecule has 2 amide bonds. The molecule has 3 unspecified atom stereocenters. The number of rotatable bonds is 45. The number of unbranched alkanes of at least 4 members (excludes halogenated alkanes) is 10. The Hall–Kier alpha value is -8.64. The van der Waals surface area contributed by atoms with E-state index >= 15 is 0 Å². The molecule has 5 aliphatic rings. The Morgan fingerprint density at radius 1 is 0.597 bits per heavy atom. The number of hydrogen-bond donors (Lipinski definition) is 9. The van der Waals surface area contributed by atoms with Crippen LogP contribution < -0.4 is 36.0 Å². The van der Waals surface area contributed by atoms with Crippen LogP contribution in [0.25, 0.3) is 11.2 Å². The van der Waals surface area contributed by atoms with Crippen molar-refractivity contribution in [1.29, 1.82) is 0 Å². The summed E-state index contributed by atoms with van der Waals surface area (Å²) in [7, 11) is -17.0. The van der Waals surface area contributed by atoms with Gasteiger partial charge in [-0.3, -0.25) is 28.3 Å². The van der Waals surface area contributed by atoms with Crippen LogP contribution in [0.2, 0.25) is 0 Å². The zero-order valence-electron chi connectivity index (χ0n) is 69.0. The number of hydrogen-bond acceptors (Lipinski definition) is 22. The molecule has 640 valence electrons. The molecule has 30 nitrogen and oxygen atoms in total. The molecule has 11 rings (SSSR count). The number of phosphoric acid groups is 3. The molecule has 119 heavy (non-hydrogen) atoms. The summed E-state index contributed by atoms with van der Waals surface area (Å²) in [6.07, 6.45) is 22.7. The van der Waals surface area contributed by atoms with Gasteiger partial charge in [-0.05, 0) is 114 Å². The van der Waals surface area contributed by atoms with Crippen molar-refractivity contribution in [2.75, 3.05) is 74.6 Å². The van der Waals surface area contributed by atoms with Crippen LogP contribution in [0.5, 0.6) is 0 Å². The maximum atomic E-state index is 13.8. The molecule has 0 aliphatic carbocycles. The Morgan fingerprint density at radius 3 is 1.61 bits per heavy atom. The monoisotopic (exact) mass is 1700 g/mol. The number of nitrogen functional groups attached to an aromatic ring is 1. The average molecular weight is 1700 g/mol. The lowest BCUT2D eigenvalue weighted by atomic mass is 9.81. The number of para-hydroxylation sites is 4. The molecule has 6 aromatic rings. The van der Waals surface area contributed by atoms with Gasteiger partial charge in [-0.25, -0.2) is 19.5 Å². The highest BCUT2D eigenvalue weighted by Gasteiger charge is 2.54. The molecule has 2 aromatic heterocycles. The van der Waals surface area contributed by atoms with Crippen LogP contribution in [-0.4, -0.2) is 171 Å². The number of phosphoric ester groups is 2. The van der Waals surface area contributed by atoms with E-state index in [1.165, 1.54) is 28.3 Å². The molecule has 0 spiro atoms. The fourth-order valence-corrected chi connectivity index (χ4v) is 20.2. The number of allylic oxidation sites excluding steroid dienone is 10. The summed E-state index contributed by atoms with van der Waals surface area (Å²) in [6.45, 7) is 18.5. The first-order chi connectivity index (χ1) is 56.6. The Morgan fingerprint density at radius 2 is 1.08 bits per heavy atom. The van der Waals surface area contributed by atoms with Crippen LogP contribution in [0.4, 0.5) is 28.6 Å². The number of aliphatic carboxylic acids is 2. The van der Waals surface area contributed by atoms with Crippen LogP contribution in [0.1, 0.15) is 187 Å². The number of carboxylic acid groups (broad SMARTS) is 2. The second-order valence-electron chi connectivity index (χ2n) is 32.6. The molecule has 10 N–H and O–H groups in total. The standard InChI is InChI=1S/C86H112N11O19P3/c1-83(2)60-35-20-24-39-64(60)93(51-30-14-18-47-75(100)101)69(83)43-16-13-17-44-71-85(5,6)62-37-22-26-41-66(62)95(71)55-73(98)88-49-28-9-11-32-53-111-79-78(104)68(114-82(79)97-59-92-77-80(87)90-58-91-81(77)97)57-113-118(107,108)116-119(109,110)115-117(105,106)112-54-33-12-10-29-50-89-74(99)56-96-67-42-27-23-38-63(67)86(7,8)72(96)46-34-45-70-84(3,4)61-36-21-25-40-65(61)94(70)52-31-15-19-48-76(102)103/h13,16-17,20-27,34-46,58-59,68,78-79,82,104H,9-12,14-15,18-19,28-33,47-57H2,1-8H3,(H7-2,87,88,89,90,91,98,99,100,101,102,103,105,106,107,108,109,110)/p+2/t68-,78-,79-,82-/m1/s1. The number of fused-ring (bicyclic) bond motifs is 5. The fourth-order valence-electron chi connectivity index (χ4n) is 16.6. The first-order valence-electron chi connectivity index (χ1n) is 40.9. The maximum absolute atomic E-state index is 13.8. The predicted molar refractivity (Wildman–Crippen MR) is 452 cm³/mol. The Kier molecular flexibility index (Phi) is 30.6. The third-order valence-electron chi connectivity index (χ3n) is 22.7. The van der Waals surface area contributed by atoms with Gasteiger partial charge in [-0.2, -0.15) is 23.5 Å². The summed E-state index contributed by atoms with van der Waals surface area (Å²) in [5, 5.41) is 36.2. The molecule has 7 heterocycles. The highest BCUT2D eigenvalue weighted by molar-refractivity contribution is 7.71. The van der Waals surface area contributed by atoms with Gasteiger partial charge in [0.1, 0.15) is 30.2 Å². The van der Waals surface area contributed by atoms with Crippen molar-refractivity contribution in [2.45, 2.75) is 204 Å². The van der Waals surface area contributed by atoms with E-state index < -0.39 is 84.7 Å². The highest BCUT2D eigenvalue weighted by atomic mass is 31.3. The molecular weight excluding hydrogens is 1580 g/mol. The van der Waals surface area contributed by atoms with E-state index in [-0.39, 0.29) is 78.6 Å². The SMILES string of the molecule is CC1(C)C(=CC=CC=CC2=[N+](CC(=O)NCCCCCCO[C@@H]3[C@H](O)[C@@H](COP(=O)(O)O[P+]([O-])(O)O[P+]([O-])(O)OCCCCCCNC(=O)C[N+]4=C(C=CC=C5N(CCCCCC(=O)O)c6ccccc6C5(C)C)C(C)(C)c5ccccc54)O[C@H]3n3cnc4c(N)ncnc43)c3ccccc3C2(C)C)N(CCCCCC(=O)O)c2ccccc21. The summed E-state index contributed by atoms with van der Waals surface area (Å²) in [6, 6.07) is 32.8. The number of aliphatic hydroxyl groups excluding tert-OH is 1. The lowest BCUT2D eigenvalue weighted by Crippen LogP contribution is -2.36. The van der Waals surface area contributed by atoms with E-state index in [1.807, 2.05) is 83.5 Å². The molecular formula is C86H114N11O19P3+2. The lowest BCUT2D eigenvalue weighted by Gasteiger charge is -2.27. The number of carbonyl (C=O) groups excluding carboxylic acids is 2. The highest BCUT2D eigenvalue weighted by Crippen LogP contribution is 2.71. The fraction of sp³-hybridized carbons (Fsp3) is 0.477. The molecule has 1 fully saturated rings. The van der Waals surface area contributed by atoms with Crippen LogP contribution in [0, 0.1) is 0 Å². The summed E-state index contributed by atoms with van der Waals surface area (Å²) in [4.78, 5) is 125. The number of nitrogens with zero attached hydrogens (tertiary/aromatic N) is 8. The van der Waals surface area contributed by atoms with Gasteiger partial charge in [0.05, 0.1) is 30.4 Å². The van der Waals surface area contributed by atoms with Crippen molar-refractivity contribution in [1.82, 2.24) is 30.2 Å². The summed E-state index contributed by atoms with van der Waals surface area (Å²) in [5.41, 5.74) is 18.1. The van der Waals surface area contributed by atoms with Crippen molar-refractivity contribution in [2.24, 2.45) is 0 Å². The first kappa shape index (κ1) is 91.1. The van der Waals surface area contributed by atoms with Gasteiger partial charge >= 0.3 is 36.1 Å². The normalized spacial score (nSPS) is 21.1. The van der Waals surface area contributed by atoms with E-state index in [2.05, 4.69) is 171 Å². The van der Waals surface area contributed by atoms with Gasteiger partial charge in [0.2, 0.25) is 24.5 Å². The number of carboxylic acids is 2.